The molecule has 1 fully saturated rings. The zero-order chi connectivity index (χ0) is 32.3. The van der Waals surface area contributed by atoms with Gasteiger partial charge in [-0.1, -0.05) is 26.0 Å². The number of aryl methyl sites for hydroxylation is 1. The Morgan fingerprint density at radius 1 is 1.00 bits per heavy atom. The summed E-state index contributed by atoms with van der Waals surface area (Å²) in [6.07, 6.45) is 6.55. The highest BCUT2D eigenvalue weighted by Crippen LogP contribution is 2.46. The normalized spacial score (nSPS) is 18.1. The first-order valence-electron chi connectivity index (χ1n) is 16.2. The van der Waals surface area contributed by atoms with Gasteiger partial charge in [-0.3, -0.25) is 9.59 Å². The lowest BCUT2D eigenvalue weighted by Gasteiger charge is -2.30. The van der Waals surface area contributed by atoms with E-state index in [1.54, 1.807) is 35.5 Å². The van der Waals surface area contributed by atoms with Crippen LogP contribution < -0.4 is 15.8 Å². The van der Waals surface area contributed by atoms with Crippen LogP contribution in [0.1, 0.15) is 69.4 Å². The number of likely N-dealkylation sites (tertiary alicyclic amines) is 1. The van der Waals surface area contributed by atoms with Gasteiger partial charge in [0.25, 0.3) is 11.5 Å². The van der Waals surface area contributed by atoms with Crippen molar-refractivity contribution in [2.75, 3.05) is 36.9 Å². The van der Waals surface area contributed by atoms with Crippen LogP contribution in [-0.2, 0) is 32.9 Å². The minimum absolute atomic E-state index is 0.142. The van der Waals surface area contributed by atoms with E-state index in [1.807, 2.05) is 12.1 Å². The fraction of sp³-hybridized carbons (Fsp3) is 0.405. The lowest BCUT2D eigenvalue weighted by Crippen LogP contribution is -2.38. The van der Waals surface area contributed by atoms with Crippen molar-refractivity contribution in [3.05, 3.63) is 96.8 Å². The molecule has 1 aliphatic carbocycles. The monoisotopic (exact) mass is 640 g/mol. The number of nitrogens with one attached hydrogen (secondary N) is 1. The Bertz CT molecular complexity index is 1890. The van der Waals surface area contributed by atoms with Crippen molar-refractivity contribution >= 4 is 34.3 Å². The van der Waals surface area contributed by atoms with Crippen LogP contribution in [0.4, 0.5) is 21.5 Å². The molecule has 7 rings (SSSR count). The quantitative estimate of drug-likeness (QED) is 0.248. The number of rotatable bonds is 6. The number of fused-ring (bicyclic) bond motifs is 3. The third-order valence-corrected chi connectivity index (χ3v) is 11.3. The molecule has 2 aromatic carbocycles. The Morgan fingerprint density at radius 3 is 2.46 bits per heavy atom. The Hall–Kier alpha value is -3.79. The second-order valence-electron chi connectivity index (χ2n) is 14.0. The van der Waals surface area contributed by atoms with Crippen LogP contribution in [0.25, 0.3) is 11.1 Å². The van der Waals surface area contributed by atoms with Crippen LogP contribution in [0.15, 0.2) is 53.5 Å². The first kappa shape index (κ1) is 30.8. The fourth-order valence-electron chi connectivity index (χ4n) is 7.56. The molecule has 0 bridgehead atoms. The van der Waals surface area contributed by atoms with Crippen molar-refractivity contribution in [1.29, 1.82) is 0 Å². The molecule has 4 aromatic rings. The number of aromatic nitrogens is 1. The van der Waals surface area contributed by atoms with Crippen LogP contribution in [0, 0.1) is 11.2 Å². The number of carbonyl (C=O) groups is 1. The van der Waals surface area contributed by atoms with Crippen molar-refractivity contribution in [2.45, 2.75) is 58.5 Å². The maximum absolute atomic E-state index is 15.4. The summed E-state index contributed by atoms with van der Waals surface area (Å²) in [4.78, 5) is 33.1. The van der Waals surface area contributed by atoms with Crippen molar-refractivity contribution in [1.82, 2.24) is 9.47 Å². The molecule has 2 N–H and O–H groups in total. The summed E-state index contributed by atoms with van der Waals surface area (Å²) >= 11 is 1.57. The molecular weight excluding hydrogens is 599 g/mol. The molecule has 4 heterocycles. The number of halogens is 1. The zero-order valence-corrected chi connectivity index (χ0v) is 27.8. The molecular formula is C37H41FN4O3S. The molecule has 46 heavy (non-hydrogen) atoms. The molecule has 9 heteroatoms. The molecule has 240 valence electrons. The topological polar surface area (TPSA) is 77.8 Å². The Balaban J connectivity index is 1.20. The van der Waals surface area contributed by atoms with Crippen LogP contribution >= 0.6 is 11.3 Å². The van der Waals surface area contributed by atoms with Gasteiger partial charge in [-0.05, 0) is 116 Å². The van der Waals surface area contributed by atoms with E-state index in [9.17, 15) is 14.7 Å². The van der Waals surface area contributed by atoms with Gasteiger partial charge in [0.15, 0.2) is 0 Å². The maximum atomic E-state index is 15.4. The van der Waals surface area contributed by atoms with Gasteiger partial charge >= 0.3 is 0 Å². The summed E-state index contributed by atoms with van der Waals surface area (Å²) in [5, 5.41) is 13.9. The zero-order valence-electron chi connectivity index (χ0n) is 27.0. The van der Waals surface area contributed by atoms with Crippen LogP contribution in [0.5, 0.6) is 0 Å². The number of carbonyl (C=O) groups excluding carboxylic acids is 1. The predicted octanol–water partition coefficient (Wildman–Crippen LogP) is 6.63. The summed E-state index contributed by atoms with van der Waals surface area (Å²) in [6.45, 7) is 6.73. The minimum Gasteiger partial charge on any atom is -0.392 e. The van der Waals surface area contributed by atoms with Crippen molar-refractivity contribution < 1.29 is 14.3 Å². The van der Waals surface area contributed by atoms with E-state index in [0.717, 1.165) is 54.9 Å². The van der Waals surface area contributed by atoms with Crippen LogP contribution in [0.2, 0.25) is 0 Å². The number of piperidine rings is 1. The van der Waals surface area contributed by atoms with E-state index < -0.39 is 5.82 Å². The standard InChI is InChI=1S/C37H41FN4O3S/c1-37(2)18-29-27-11-14-42(36(45)34(27)46-33(29)19-37)32-17-25(38)16-28(30(32)21-43)24-15-31(35(44)41(4)20-24)39-26-7-5-22(6-8-26)23-9-12-40(3)13-10-23/h5-8,15-17,20,23,39,43H,9-14,18-19,21H2,1-4H3. The van der Waals surface area contributed by atoms with Crippen molar-refractivity contribution in [3.63, 3.8) is 0 Å². The summed E-state index contributed by atoms with van der Waals surface area (Å²) in [7, 11) is 3.82. The highest BCUT2D eigenvalue weighted by Gasteiger charge is 2.38. The highest BCUT2D eigenvalue weighted by atomic mass is 32.1. The molecule has 1 saturated heterocycles. The van der Waals surface area contributed by atoms with Gasteiger partial charge in [0.1, 0.15) is 11.5 Å². The van der Waals surface area contributed by atoms with Crippen molar-refractivity contribution in [2.24, 2.45) is 12.5 Å². The third-order valence-electron chi connectivity index (χ3n) is 10.0. The van der Waals surface area contributed by atoms with E-state index in [2.05, 4.69) is 43.2 Å². The summed E-state index contributed by atoms with van der Waals surface area (Å²) < 4.78 is 16.8. The Morgan fingerprint density at radius 2 is 1.74 bits per heavy atom. The molecule has 1 amide bonds. The lowest BCUT2D eigenvalue weighted by molar-refractivity contribution is 0.0984. The SMILES string of the molecule is CN1CCC(c2ccc(Nc3cc(-c4cc(F)cc(N5CCc6c(sc7c6CC(C)(C)C7)C5=O)c4CO)cn(C)c3=O)cc2)CC1. The lowest BCUT2D eigenvalue weighted by atomic mass is 9.89. The van der Waals surface area contributed by atoms with E-state index in [4.69, 9.17) is 0 Å². The minimum atomic E-state index is -0.510. The smallest absolute Gasteiger partial charge is 0.274 e. The number of hydrogen-bond donors (Lipinski definition) is 2. The Labute approximate surface area is 273 Å². The van der Waals surface area contributed by atoms with E-state index in [-0.39, 0.29) is 23.5 Å². The van der Waals surface area contributed by atoms with Gasteiger partial charge in [0, 0.05) is 41.5 Å². The van der Waals surface area contributed by atoms with Crippen molar-refractivity contribution in [3.8, 4) is 11.1 Å². The molecule has 2 aliphatic heterocycles. The first-order valence-corrected chi connectivity index (χ1v) is 17.0. The number of thiophene rings is 1. The molecule has 0 saturated carbocycles. The molecule has 0 unspecified atom stereocenters. The number of aliphatic hydroxyl groups excluding tert-OH is 1. The Kier molecular flexibility index (Phi) is 7.90. The van der Waals surface area contributed by atoms with Crippen LogP contribution in [-0.4, -0.2) is 47.2 Å². The van der Waals surface area contributed by atoms with Crippen LogP contribution in [0.3, 0.4) is 0 Å². The summed E-state index contributed by atoms with van der Waals surface area (Å²) in [5.74, 6) is -0.118. The number of hydrogen-bond acceptors (Lipinski definition) is 6. The van der Waals surface area contributed by atoms with E-state index in [1.165, 1.54) is 32.7 Å². The number of aliphatic hydroxyl groups is 1. The average molecular weight is 641 g/mol. The van der Waals surface area contributed by atoms with Gasteiger partial charge in [0.2, 0.25) is 0 Å². The largest absolute Gasteiger partial charge is 0.392 e. The van der Waals surface area contributed by atoms with Gasteiger partial charge in [0.05, 0.1) is 17.2 Å². The van der Waals surface area contributed by atoms with E-state index in [0.29, 0.717) is 46.9 Å². The number of nitrogens with zero attached hydrogens (tertiary/aromatic N) is 3. The second kappa shape index (κ2) is 11.8. The molecule has 2 aromatic heterocycles. The fourth-order valence-corrected chi connectivity index (χ4v) is 9.14. The van der Waals surface area contributed by atoms with Gasteiger partial charge in [-0.25, -0.2) is 4.39 Å². The molecule has 0 spiro atoms. The third kappa shape index (κ3) is 5.58. The molecule has 0 atom stereocenters. The number of pyridine rings is 1. The van der Waals surface area contributed by atoms with E-state index >= 15 is 4.39 Å². The number of amides is 1. The van der Waals surface area contributed by atoms with Gasteiger partial charge in [-0.2, -0.15) is 0 Å². The number of benzene rings is 2. The van der Waals surface area contributed by atoms with Gasteiger partial charge in [-0.15, -0.1) is 11.3 Å². The molecule has 3 aliphatic rings. The number of anilines is 3. The molecule has 0 radical (unpaired) electrons. The highest BCUT2D eigenvalue weighted by molar-refractivity contribution is 7.14. The average Bonchev–Trinajstić information content (AvgIpc) is 3.52. The predicted molar refractivity (Wildman–Crippen MR) is 183 cm³/mol. The summed E-state index contributed by atoms with van der Waals surface area (Å²) in [6, 6.07) is 12.7. The molecule has 7 nitrogen and oxygen atoms in total. The first-order chi connectivity index (χ1) is 22.0. The van der Waals surface area contributed by atoms with Gasteiger partial charge < -0.3 is 24.8 Å². The maximum Gasteiger partial charge on any atom is 0.274 e. The summed E-state index contributed by atoms with van der Waals surface area (Å²) in [5.41, 5.74) is 6.72. The second-order valence-corrected chi connectivity index (χ2v) is 15.1.